The third kappa shape index (κ3) is 11.5. The molecule has 0 spiro atoms. The highest BCUT2D eigenvalue weighted by molar-refractivity contribution is 5.34. The lowest BCUT2D eigenvalue weighted by atomic mass is 10.0. The second kappa shape index (κ2) is 16.5. The molecule has 0 aliphatic carbocycles. The van der Waals surface area contributed by atoms with E-state index in [1.165, 1.54) is 11.1 Å². The number of hydrogen-bond acceptors (Lipinski definition) is 7. The Morgan fingerprint density at radius 1 is 0.688 bits per heavy atom. The van der Waals surface area contributed by atoms with E-state index in [0.717, 1.165) is 25.2 Å². The number of ether oxygens (including phenoxy) is 6. The van der Waals surface area contributed by atoms with Crippen LogP contribution in [0.3, 0.4) is 0 Å². The molecule has 0 saturated heterocycles. The van der Waals surface area contributed by atoms with Crippen LogP contribution in [-0.2, 0) is 25.4 Å². The van der Waals surface area contributed by atoms with Gasteiger partial charge in [-0.15, -0.1) is 0 Å². The summed E-state index contributed by atoms with van der Waals surface area (Å²) in [5.74, 6) is 1.62. The number of benzene rings is 2. The lowest BCUT2D eigenvalue weighted by Crippen LogP contribution is -2.24. The van der Waals surface area contributed by atoms with Gasteiger partial charge in [-0.2, -0.15) is 0 Å². The molecule has 0 aliphatic heterocycles. The Hall–Kier alpha value is -2.16. The molecule has 0 saturated carbocycles. The van der Waals surface area contributed by atoms with Crippen LogP contribution in [0.25, 0.3) is 0 Å². The molecule has 0 fully saturated rings. The van der Waals surface area contributed by atoms with Crippen molar-refractivity contribution in [3.8, 4) is 11.5 Å². The molecule has 7 heteroatoms. The van der Waals surface area contributed by atoms with Crippen molar-refractivity contribution >= 4 is 0 Å². The average Bonchev–Trinajstić information content (AvgIpc) is 2.82. The van der Waals surface area contributed by atoms with Gasteiger partial charge in [0.05, 0.1) is 39.6 Å². The van der Waals surface area contributed by atoms with Crippen LogP contribution >= 0.6 is 0 Å². The van der Waals surface area contributed by atoms with E-state index in [4.69, 9.17) is 28.4 Å². The Morgan fingerprint density at radius 3 is 1.84 bits per heavy atom. The van der Waals surface area contributed by atoms with E-state index in [0.29, 0.717) is 32.2 Å². The fourth-order valence-corrected chi connectivity index (χ4v) is 2.76. The molecule has 1 N–H and O–H groups in total. The van der Waals surface area contributed by atoms with Crippen molar-refractivity contribution in [2.75, 3.05) is 60.2 Å². The maximum absolute atomic E-state index is 10.00. The zero-order chi connectivity index (χ0) is 22.9. The quantitative estimate of drug-likeness (QED) is 0.276. The lowest BCUT2D eigenvalue weighted by molar-refractivity contribution is -0.0840. The molecule has 2 rings (SSSR count). The van der Waals surface area contributed by atoms with Crippen molar-refractivity contribution in [2.24, 2.45) is 0 Å². The molecule has 1 unspecified atom stereocenters. The van der Waals surface area contributed by atoms with Crippen LogP contribution in [0.5, 0.6) is 11.5 Å². The number of hydrogen-bond donors (Lipinski definition) is 1. The predicted molar refractivity (Wildman–Crippen MR) is 122 cm³/mol. The summed E-state index contributed by atoms with van der Waals surface area (Å²) < 4.78 is 31.9. The van der Waals surface area contributed by atoms with E-state index in [9.17, 15) is 5.11 Å². The van der Waals surface area contributed by atoms with Gasteiger partial charge >= 0.3 is 0 Å². The monoisotopic (exact) mass is 448 g/mol. The zero-order valence-corrected chi connectivity index (χ0v) is 19.2. The van der Waals surface area contributed by atoms with Crippen molar-refractivity contribution in [1.29, 1.82) is 0 Å². The van der Waals surface area contributed by atoms with E-state index in [1.54, 1.807) is 7.11 Å². The van der Waals surface area contributed by atoms with Gasteiger partial charge in [0.15, 0.2) is 0 Å². The van der Waals surface area contributed by atoms with Gasteiger partial charge in [-0.1, -0.05) is 31.2 Å². The van der Waals surface area contributed by atoms with Crippen LogP contribution in [0.4, 0.5) is 0 Å². The third-order valence-corrected chi connectivity index (χ3v) is 4.45. The van der Waals surface area contributed by atoms with Crippen LogP contribution in [0.15, 0.2) is 48.5 Å². The first-order valence-electron chi connectivity index (χ1n) is 11.0. The van der Waals surface area contributed by atoms with Crippen LogP contribution in [0.1, 0.15) is 24.5 Å². The van der Waals surface area contributed by atoms with Crippen molar-refractivity contribution < 1.29 is 33.5 Å². The first-order chi connectivity index (χ1) is 15.7. The summed E-state index contributed by atoms with van der Waals surface area (Å²) in [6, 6.07) is 16.1. The highest BCUT2D eigenvalue weighted by Gasteiger charge is 2.06. The molecule has 32 heavy (non-hydrogen) atoms. The second-order valence-corrected chi connectivity index (χ2v) is 7.28. The summed E-state index contributed by atoms with van der Waals surface area (Å²) in [5, 5.41) is 10.00. The molecule has 0 heterocycles. The van der Waals surface area contributed by atoms with Crippen molar-refractivity contribution in [3.05, 3.63) is 59.7 Å². The fourth-order valence-electron chi connectivity index (χ4n) is 2.76. The Labute approximate surface area is 191 Å². The normalized spacial score (nSPS) is 12.0. The van der Waals surface area contributed by atoms with Crippen molar-refractivity contribution in [1.82, 2.24) is 0 Å². The fraction of sp³-hybridized carbons (Fsp3) is 0.520. The van der Waals surface area contributed by atoms with Gasteiger partial charge in [0, 0.05) is 7.11 Å². The first kappa shape index (κ1) is 26.1. The largest absolute Gasteiger partial charge is 0.494 e. The summed E-state index contributed by atoms with van der Waals surface area (Å²) in [6.07, 6.45) is 1.13. The van der Waals surface area contributed by atoms with Gasteiger partial charge < -0.3 is 33.5 Å². The van der Waals surface area contributed by atoms with Crippen molar-refractivity contribution in [3.63, 3.8) is 0 Å². The third-order valence-electron chi connectivity index (χ3n) is 4.45. The highest BCUT2D eigenvalue weighted by Crippen LogP contribution is 2.18. The molecule has 0 amide bonds. The summed E-state index contributed by atoms with van der Waals surface area (Å²) in [6.45, 7) is 5.20. The Morgan fingerprint density at radius 2 is 1.25 bits per heavy atom. The van der Waals surface area contributed by atoms with Gasteiger partial charge in [-0.25, -0.2) is 0 Å². The lowest BCUT2D eigenvalue weighted by Gasteiger charge is -2.13. The minimum Gasteiger partial charge on any atom is -0.494 e. The minimum atomic E-state index is -0.707. The molecule has 0 bridgehead atoms. The standard InChI is InChI=1S/C25H36O7/c1-3-12-31-24-8-4-21(5-9-24)17-22-6-10-25(11-7-22)32-19-23(26)18-28-15-16-30-20-29-14-13-27-2/h4-11,23,26H,3,12-20H2,1-2H3. The van der Waals surface area contributed by atoms with Gasteiger partial charge in [-0.3, -0.25) is 0 Å². The Kier molecular flexibility index (Phi) is 13.4. The molecule has 0 aromatic heterocycles. The van der Waals surface area contributed by atoms with Crippen molar-refractivity contribution in [2.45, 2.75) is 25.9 Å². The number of methoxy groups -OCH3 is 1. The summed E-state index contributed by atoms with van der Waals surface area (Å²) in [7, 11) is 1.62. The van der Waals surface area contributed by atoms with E-state index in [2.05, 4.69) is 19.1 Å². The smallest absolute Gasteiger partial charge is 0.146 e. The van der Waals surface area contributed by atoms with Crippen LogP contribution in [0.2, 0.25) is 0 Å². The van der Waals surface area contributed by atoms with Gasteiger partial charge in [0.1, 0.15) is 31.0 Å². The van der Waals surface area contributed by atoms with Gasteiger partial charge in [-0.05, 0) is 48.2 Å². The molecule has 0 aliphatic rings. The number of aliphatic hydroxyl groups excluding tert-OH is 1. The summed E-state index contributed by atoms with van der Waals surface area (Å²) in [5.41, 5.74) is 2.41. The summed E-state index contributed by atoms with van der Waals surface area (Å²) in [4.78, 5) is 0. The minimum absolute atomic E-state index is 0.166. The summed E-state index contributed by atoms with van der Waals surface area (Å²) >= 11 is 0. The maximum atomic E-state index is 10.00. The Balaban J connectivity index is 1.58. The highest BCUT2D eigenvalue weighted by atomic mass is 16.7. The van der Waals surface area contributed by atoms with Crippen LogP contribution in [-0.4, -0.2) is 71.4 Å². The molecule has 0 radical (unpaired) electrons. The molecule has 7 nitrogen and oxygen atoms in total. The van der Waals surface area contributed by atoms with E-state index >= 15 is 0 Å². The molecule has 2 aromatic rings. The molecular formula is C25H36O7. The second-order valence-electron chi connectivity index (χ2n) is 7.28. The Bertz CT molecular complexity index is 703. The molecule has 1 atom stereocenters. The zero-order valence-electron chi connectivity index (χ0n) is 19.2. The topological polar surface area (TPSA) is 75.6 Å². The van der Waals surface area contributed by atoms with Gasteiger partial charge in [0.2, 0.25) is 0 Å². The molecule has 178 valence electrons. The van der Waals surface area contributed by atoms with E-state index in [1.807, 2.05) is 36.4 Å². The van der Waals surface area contributed by atoms with E-state index < -0.39 is 6.10 Å². The molecule has 2 aromatic carbocycles. The van der Waals surface area contributed by atoms with Gasteiger partial charge in [0.25, 0.3) is 0 Å². The number of aliphatic hydroxyl groups is 1. The maximum Gasteiger partial charge on any atom is 0.146 e. The van der Waals surface area contributed by atoms with E-state index in [-0.39, 0.29) is 20.0 Å². The average molecular weight is 449 g/mol. The number of rotatable bonds is 18. The van der Waals surface area contributed by atoms with Crippen LogP contribution in [0, 0.1) is 0 Å². The first-order valence-corrected chi connectivity index (χ1v) is 11.0. The predicted octanol–water partition coefficient (Wildman–Crippen LogP) is 3.46. The molecular weight excluding hydrogens is 412 g/mol. The van der Waals surface area contributed by atoms with Crippen LogP contribution < -0.4 is 9.47 Å². The SMILES string of the molecule is CCCOc1ccc(Cc2ccc(OCC(O)COCCOCOCCOC)cc2)cc1.